The topological polar surface area (TPSA) is 92.4 Å². The van der Waals surface area contributed by atoms with Crippen LogP contribution >= 0.6 is 0 Å². The summed E-state index contributed by atoms with van der Waals surface area (Å²) < 4.78 is 12.8. The molecule has 0 fully saturated rings. The van der Waals surface area contributed by atoms with E-state index in [2.05, 4.69) is 5.32 Å². The lowest BCUT2D eigenvalue weighted by Gasteiger charge is -2.05. The fraction of sp³-hybridized carbons (Fsp3) is 0.111. The van der Waals surface area contributed by atoms with Crippen molar-refractivity contribution in [2.45, 2.75) is 0 Å². The lowest BCUT2D eigenvalue weighted by Crippen LogP contribution is -2.29. The van der Waals surface area contributed by atoms with E-state index in [1.54, 1.807) is 0 Å². The number of nitrogens with two attached hydrogens (primary N) is 1. The molecule has 0 bridgehead atoms. The first-order valence-electron chi connectivity index (χ1n) is 4.05. The van der Waals surface area contributed by atoms with Crippen molar-refractivity contribution in [2.75, 3.05) is 12.3 Å². The molecule has 0 aliphatic rings. The summed E-state index contributed by atoms with van der Waals surface area (Å²) in [5.41, 5.74) is 5.45. The Kier molecular flexibility index (Phi) is 3.22. The van der Waals surface area contributed by atoms with Gasteiger partial charge in [0.1, 0.15) is 12.4 Å². The number of amides is 1. The normalized spacial score (nSPS) is 9.67. The smallest absolute Gasteiger partial charge is 0.322 e. The third-order valence-electron chi connectivity index (χ3n) is 1.66. The van der Waals surface area contributed by atoms with Gasteiger partial charge in [0.05, 0.1) is 5.56 Å². The number of nitrogen functional groups attached to an aromatic ring is 1. The molecule has 0 saturated carbocycles. The average molecular weight is 212 g/mol. The first-order chi connectivity index (χ1) is 7.00. The molecule has 1 amide bonds. The van der Waals surface area contributed by atoms with Gasteiger partial charge in [0.2, 0.25) is 0 Å². The number of benzene rings is 1. The Hall–Kier alpha value is -2.11. The first kappa shape index (κ1) is 11.0. The van der Waals surface area contributed by atoms with Crippen LogP contribution in [0.5, 0.6) is 0 Å². The Morgan fingerprint density at radius 2 is 2.13 bits per heavy atom. The molecule has 1 aromatic carbocycles. The van der Waals surface area contributed by atoms with Crippen LogP contribution in [0.2, 0.25) is 0 Å². The number of aliphatic carboxylic acids is 1. The van der Waals surface area contributed by atoms with Crippen LogP contribution in [-0.2, 0) is 4.79 Å². The quantitative estimate of drug-likeness (QED) is 0.625. The number of carboxylic acids is 1. The number of hydrogen-bond donors (Lipinski definition) is 3. The van der Waals surface area contributed by atoms with Crippen LogP contribution in [0.3, 0.4) is 0 Å². The Balaban J connectivity index is 2.81. The summed E-state index contributed by atoms with van der Waals surface area (Å²) in [5.74, 6) is -2.50. The minimum atomic E-state index is -1.18. The maximum absolute atomic E-state index is 12.8. The lowest BCUT2D eigenvalue weighted by molar-refractivity contribution is -0.135. The van der Waals surface area contributed by atoms with Gasteiger partial charge in [0.15, 0.2) is 0 Å². The summed E-state index contributed by atoms with van der Waals surface area (Å²) in [5, 5.41) is 10.4. The van der Waals surface area contributed by atoms with E-state index in [-0.39, 0.29) is 11.3 Å². The molecular weight excluding hydrogens is 203 g/mol. The van der Waals surface area contributed by atoms with Gasteiger partial charge in [-0.3, -0.25) is 9.59 Å². The molecule has 0 spiro atoms. The number of hydrogen-bond acceptors (Lipinski definition) is 3. The maximum Gasteiger partial charge on any atom is 0.322 e. The van der Waals surface area contributed by atoms with Crippen molar-refractivity contribution in [1.82, 2.24) is 5.32 Å². The minimum absolute atomic E-state index is 0.0729. The molecule has 5 nitrogen and oxygen atoms in total. The molecule has 0 aliphatic carbocycles. The van der Waals surface area contributed by atoms with Crippen molar-refractivity contribution in [2.24, 2.45) is 0 Å². The molecule has 1 aromatic rings. The second kappa shape index (κ2) is 4.41. The summed E-state index contributed by atoms with van der Waals surface area (Å²) in [6.45, 7) is -0.533. The van der Waals surface area contributed by atoms with Crippen LogP contribution in [0.1, 0.15) is 10.4 Å². The van der Waals surface area contributed by atoms with Crippen LogP contribution < -0.4 is 11.1 Å². The van der Waals surface area contributed by atoms with Gasteiger partial charge < -0.3 is 16.2 Å². The molecule has 0 saturated heterocycles. The van der Waals surface area contributed by atoms with Crippen LogP contribution in [0.4, 0.5) is 10.1 Å². The van der Waals surface area contributed by atoms with Crippen LogP contribution in [0.15, 0.2) is 18.2 Å². The Bertz CT molecular complexity index is 406. The third kappa shape index (κ3) is 2.94. The van der Waals surface area contributed by atoms with E-state index in [4.69, 9.17) is 10.8 Å². The number of carbonyl (C=O) groups excluding carboxylic acids is 1. The summed E-state index contributed by atoms with van der Waals surface area (Å²) in [4.78, 5) is 21.5. The Morgan fingerprint density at radius 1 is 1.47 bits per heavy atom. The second-order valence-electron chi connectivity index (χ2n) is 2.81. The predicted octanol–water partition coefficient (Wildman–Crippen LogP) is 0.222. The molecule has 0 heterocycles. The molecule has 0 aromatic heterocycles. The fourth-order valence-electron chi connectivity index (χ4n) is 0.976. The van der Waals surface area contributed by atoms with Crippen molar-refractivity contribution >= 4 is 17.6 Å². The van der Waals surface area contributed by atoms with Gasteiger partial charge in [-0.15, -0.1) is 0 Å². The van der Waals surface area contributed by atoms with Crippen LogP contribution in [-0.4, -0.2) is 23.5 Å². The SMILES string of the molecule is Nc1ccc(F)cc1C(=O)NCC(=O)O. The van der Waals surface area contributed by atoms with Gasteiger partial charge in [0.25, 0.3) is 5.91 Å². The van der Waals surface area contributed by atoms with Gasteiger partial charge in [-0.1, -0.05) is 0 Å². The predicted molar refractivity (Wildman–Crippen MR) is 50.8 cm³/mol. The lowest BCUT2D eigenvalue weighted by atomic mass is 10.1. The second-order valence-corrected chi connectivity index (χ2v) is 2.81. The van der Waals surface area contributed by atoms with Gasteiger partial charge in [0, 0.05) is 5.69 Å². The van der Waals surface area contributed by atoms with E-state index in [0.717, 1.165) is 12.1 Å². The van der Waals surface area contributed by atoms with Crippen LogP contribution in [0, 0.1) is 5.82 Å². The minimum Gasteiger partial charge on any atom is -0.480 e. The highest BCUT2D eigenvalue weighted by molar-refractivity contribution is 6.00. The zero-order chi connectivity index (χ0) is 11.4. The number of halogens is 1. The highest BCUT2D eigenvalue weighted by Crippen LogP contribution is 2.12. The zero-order valence-electron chi connectivity index (χ0n) is 7.66. The molecule has 0 aliphatic heterocycles. The summed E-state index contributed by atoms with van der Waals surface area (Å²) in [6.07, 6.45) is 0. The summed E-state index contributed by atoms with van der Waals surface area (Å²) >= 11 is 0. The third-order valence-corrected chi connectivity index (χ3v) is 1.66. The molecule has 0 atom stereocenters. The molecule has 6 heteroatoms. The van der Waals surface area contributed by atoms with E-state index < -0.39 is 24.2 Å². The molecule has 15 heavy (non-hydrogen) atoms. The van der Waals surface area contributed by atoms with Crippen molar-refractivity contribution < 1.29 is 19.1 Å². The number of nitrogens with one attached hydrogen (secondary N) is 1. The van der Waals surface area contributed by atoms with E-state index >= 15 is 0 Å². The highest BCUT2D eigenvalue weighted by atomic mass is 19.1. The first-order valence-corrected chi connectivity index (χ1v) is 4.05. The van der Waals surface area contributed by atoms with E-state index in [1.807, 2.05) is 0 Å². The summed E-state index contributed by atoms with van der Waals surface area (Å²) in [7, 11) is 0. The fourth-order valence-corrected chi connectivity index (χ4v) is 0.976. The van der Waals surface area contributed by atoms with Crippen molar-refractivity contribution in [3.8, 4) is 0 Å². The molecule has 1 rings (SSSR count). The van der Waals surface area contributed by atoms with Gasteiger partial charge in [-0.25, -0.2) is 4.39 Å². The van der Waals surface area contributed by atoms with E-state index in [1.165, 1.54) is 6.07 Å². The number of carbonyl (C=O) groups is 2. The summed E-state index contributed by atoms with van der Waals surface area (Å²) in [6, 6.07) is 3.31. The number of anilines is 1. The maximum atomic E-state index is 12.8. The molecule has 4 N–H and O–H groups in total. The van der Waals surface area contributed by atoms with Crippen LogP contribution in [0.25, 0.3) is 0 Å². The average Bonchev–Trinajstić information content (AvgIpc) is 2.18. The zero-order valence-corrected chi connectivity index (χ0v) is 7.66. The molecular formula is C9H9FN2O3. The Labute approximate surface area is 84.7 Å². The molecule has 0 unspecified atom stereocenters. The number of carboxylic acid groups (broad SMARTS) is 1. The largest absolute Gasteiger partial charge is 0.480 e. The van der Waals surface area contributed by atoms with E-state index in [9.17, 15) is 14.0 Å². The standard InChI is InChI=1S/C9H9FN2O3/c10-5-1-2-7(11)6(3-5)9(15)12-4-8(13)14/h1-3H,4,11H2,(H,12,15)(H,13,14). The molecule has 0 radical (unpaired) electrons. The highest BCUT2D eigenvalue weighted by Gasteiger charge is 2.11. The monoisotopic (exact) mass is 212 g/mol. The van der Waals surface area contributed by atoms with Crippen molar-refractivity contribution in [1.29, 1.82) is 0 Å². The van der Waals surface area contributed by atoms with Gasteiger partial charge >= 0.3 is 5.97 Å². The number of rotatable bonds is 3. The van der Waals surface area contributed by atoms with Gasteiger partial charge in [-0.2, -0.15) is 0 Å². The molecule has 80 valence electrons. The van der Waals surface area contributed by atoms with Gasteiger partial charge in [-0.05, 0) is 18.2 Å². The Morgan fingerprint density at radius 3 is 2.73 bits per heavy atom. The van der Waals surface area contributed by atoms with Crippen molar-refractivity contribution in [3.63, 3.8) is 0 Å². The van der Waals surface area contributed by atoms with E-state index in [0.29, 0.717) is 0 Å². The van der Waals surface area contributed by atoms with Crippen molar-refractivity contribution in [3.05, 3.63) is 29.6 Å².